The summed E-state index contributed by atoms with van der Waals surface area (Å²) in [6.07, 6.45) is 5.20. The van der Waals surface area contributed by atoms with Crippen LogP contribution in [0.1, 0.15) is 29.2 Å². The van der Waals surface area contributed by atoms with Crippen LogP contribution in [0.3, 0.4) is 0 Å². The first kappa shape index (κ1) is 27.3. The van der Waals surface area contributed by atoms with Crippen molar-refractivity contribution in [3.8, 4) is 28.4 Å². The maximum atomic E-state index is 13.5. The van der Waals surface area contributed by atoms with Crippen molar-refractivity contribution in [2.75, 3.05) is 33.3 Å². The zero-order valence-corrected chi connectivity index (χ0v) is 23.7. The Hall–Kier alpha value is -2.74. The quantitative estimate of drug-likeness (QED) is 0.146. The van der Waals surface area contributed by atoms with E-state index in [1.165, 1.54) is 5.56 Å². The van der Waals surface area contributed by atoms with Crippen LogP contribution < -0.4 is 19.6 Å². The molecule has 1 aliphatic rings. The summed E-state index contributed by atoms with van der Waals surface area (Å²) >= 11 is 4.95. The van der Waals surface area contributed by atoms with Gasteiger partial charge in [0.25, 0.3) is 0 Å². The zero-order valence-electron chi connectivity index (χ0n) is 21.3. The Bertz CT molecular complexity index is 1310. The van der Waals surface area contributed by atoms with Gasteiger partial charge in [0, 0.05) is 16.6 Å². The lowest BCUT2D eigenvalue weighted by atomic mass is 9.96. The summed E-state index contributed by atoms with van der Waals surface area (Å²) in [5.74, 6) is 2.45. The second-order valence-electron chi connectivity index (χ2n) is 8.52. The molecule has 0 radical (unpaired) electrons. The van der Waals surface area contributed by atoms with E-state index in [4.69, 9.17) is 18.9 Å². The molecular formula is C30H31BrO5S. The predicted molar refractivity (Wildman–Crippen MR) is 154 cm³/mol. The van der Waals surface area contributed by atoms with Gasteiger partial charge >= 0.3 is 0 Å². The third-order valence-corrected chi connectivity index (χ3v) is 7.83. The van der Waals surface area contributed by atoms with E-state index in [2.05, 4.69) is 28.1 Å². The monoisotopic (exact) mass is 582 g/mol. The first-order valence-electron chi connectivity index (χ1n) is 12.1. The molecule has 0 spiro atoms. The number of thioether (sulfide) groups is 1. The summed E-state index contributed by atoms with van der Waals surface area (Å²) in [5, 5.41) is 0.765. The van der Waals surface area contributed by atoms with Gasteiger partial charge in [-0.1, -0.05) is 64.5 Å². The van der Waals surface area contributed by atoms with Gasteiger partial charge in [-0.25, -0.2) is 0 Å². The van der Waals surface area contributed by atoms with Gasteiger partial charge in [0.05, 0.1) is 38.9 Å². The van der Waals surface area contributed by atoms with E-state index in [1.54, 1.807) is 39.2 Å². The van der Waals surface area contributed by atoms with Gasteiger partial charge in [0.2, 0.25) is 5.75 Å². The molecule has 7 heteroatoms. The normalized spacial score (nSPS) is 14.5. The Balaban J connectivity index is 1.86. The second kappa shape index (κ2) is 13.2. The number of alkyl halides is 1. The van der Waals surface area contributed by atoms with Crippen LogP contribution in [0.4, 0.5) is 0 Å². The smallest absolute Gasteiger partial charge is 0.203 e. The van der Waals surface area contributed by atoms with Crippen molar-refractivity contribution in [1.29, 1.82) is 0 Å². The molecule has 0 amide bonds. The number of allylic oxidation sites excluding steroid dienone is 1. The minimum atomic E-state index is -0.254. The lowest BCUT2D eigenvalue weighted by molar-refractivity contribution is 0.0686. The molecule has 0 saturated heterocycles. The number of rotatable bonds is 10. The van der Waals surface area contributed by atoms with Crippen LogP contribution in [-0.4, -0.2) is 33.3 Å². The highest BCUT2D eigenvalue weighted by Gasteiger charge is 2.29. The van der Waals surface area contributed by atoms with Gasteiger partial charge in [-0.05, 0) is 53.3 Å². The molecule has 0 unspecified atom stereocenters. The maximum absolute atomic E-state index is 13.5. The van der Waals surface area contributed by atoms with Crippen molar-refractivity contribution < 1.29 is 18.9 Å². The van der Waals surface area contributed by atoms with Crippen molar-refractivity contribution in [2.24, 2.45) is 0 Å². The van der Waals surface area contributed by atoms with Crippen molar-refractivity contribution in [2.45, 2.75) is 29.6 Å². The summed E-state index contributed by atoms with van der Waals surface area (Å²) in [7, 11) is 4.85. The SMILES string of the molecule is COc1cc2c(c(OC)c1OC)-c1ccc(SCc3ccccc3)c(=O)cc1[C@@H](OC/C=C/CBr)CC2. The van der Waals surface area contributed by atoms with Crippen LogP contribution in [0.25, 0.3) is 11.1 Å². The second-order valence-corrected chi connectivity index (χ2v) is 10.2. The fourth-order valence-electron chi connectivity index (χ4n) is 4.59. The molecule has 3 aromatic carbocycles. The van der Waals surface area contributed by atoms with Crippen LogP contribution in [0.5, 0.6) is 17.2 Å². The lowest BCUT2D eigenvalue weighted by Crippen LogP contribution is -2.08. The molecule has 1 atom stereocenters. The molecule has 3 aromatic rings. The molecular weight excluding hydrogens is 552 g/mol. The summed E-state index contributed by atoms with van der Waals surface area (Å²) < 4.78 is 23.5. The minimum Gasteiger partial charge on any atom is -0.493 e. The van der Waals surface area contributed by atoms with Crippen molar-refractivity contribution in [1.82, 2.24) is 0 Å². The molecule has 0 aromatic heterocycles. The van der Waals surface area contributed by atoms with E-state index < -0.39 is 0 Å². The Morgan fingerprint density at radius 1 is 0.973 bits per heavy atom. The van der Waals surface area contributed by atoms with Crippen LogP contribution in [0, 0.1) is 0 Å². The molecule has 0 bridgehead atoms. The lowest BCUT2D eigenvalue weighted by Gasteiger charge is -2.19. The van der Waals surface area contributed by atoms with E-state index in [0.717, 1.165) is 40.4 Å². The van der Waals surface area contributed by atoms with Gasteiger partial charge in [-0.15, -0.1) is 11.8 Å². The van der Waals surface area contributed by atoms with E-state index in [0.29, 0.717) is 34.5 Å². The highest BCUT2D eigenvalue weighted by molar-refractivity contribution is 9.09. The third kappa shape index (κ3) is 6.22. The van der Waals surface area contributed by atoms with Crippen molar-refractivity contribution in [3.05, 3.63) is 93.7 Å². The number of benzene rings is 2. The Kier molecular flexibility index (Phi) is 9.72. The van der Waals surface area contributed by atoms with Gasteiger partial charge in [-0.2, -0.15) is 0 Å². The largest absolute Gasteiger partial charge is 0.493 e. The Morgan fingerprint density at radius 3 is 2.46 bits per heavy atom. The molecule has 5 nitrogen and oxygen atoms in total. The predicted octanol–water partition coefficient (Wildman–Crippen LogP) is 6.99. The minimum absolute atomic E-state index is 0.0188. The number of methoxy groups -OCH3 is 3. The molecule has 0 fully saturated rings. The molecule has 1 aliphatic carbocycles. The standard InChI is InChI=1S/C30H31BrO5S/c1-33-26-17-21-11-13-25(36-16-8-7-15-31)23-18-24(32)27(37-19-20-9-5-4-6-10-20)14-12-22(23)28(21)30(35-3)29(26)34-2/h4-10,12,14,17-18,25H,11,13,15-16,19H2,1-3H3/b8-7+/t25-/m0/s1. The van der Waals surface area contributed by atoms with Gasteiger partial charge < -0.3 is 18.9 Å². The van der Waals surface area contributed by atoms with Gasteiger partial charge in [0.15, 0.2) is 16.9 Å². The first-order valence-corrected chi connectivity index (χ1v) is 14.2. The molecule has 4 rings (SSSR count). The first-order chi connectivity index (χ1) is 18.1. The number of hydrogen-bond donors (Lipinski definition) is 0. The van der Waals surface area contributed by atoms with E-state index in [-0.39, 0.29) is 11.5 Å². The number of fused-ring (bicyclic) bond motifs is 3. The summed E-state index contributed by atoms with van der Waals surface area (Å²) in [6, 6.07) is 17.8. The Morgan fingerprint density at radius 2 is 1.76 bits per heavy atom. The molecule has 0 N–H and O–H groups in total. The van der Waals surface area contributed by atoms with E-state index in [1.807, 2.05) is 48.6 Å². The molecule has 0 aliphatic heterocycles. The van der Waals surface area contributed by atoms with Gasteiger partial charge in [-0.3, -0.25) is 4.79 Å². The van der Waals surface area contributed by atoms with Crippen LogP contribution in [0.2, 0.25) is 0 Å². The molecule has 194 valence electrons. The average molecular weight is 584 g/mol. The van der Waals surface area contributed by atoms with Crippen molar-refractivity contribution >= 4 is 27.7 Å². The van der Waals surface area contributed by atoms with E-state index >= 15 is 0 Å². The summed E-state index contributed by atoms with van der Waals surface area (Å²) in [6.45, 7) is 0.457. The fourth-order valence-corrected chi connectivity index (χ4v) is 5.74. The number of hydrogen-bond acceptors (Lipinski definition) is 6. The number of halogens is 1. The van der Waals surface area contributed by atoms with Crippen molar-refractivity contribution in [3.63, 3.8) is 0 Å². The molecule has 0 saturated carbocycles. The van der Waals surface area contributed by atoms with E-state index in [9.17, 15) is 4.79 Å². The molecule has 0 heterocycles. The van der Waals surface area contributed by atoms with Crippen LogP contribution >= 0.6 is 27.7 Å². The van der Waals surface area contributed by atoms with Crippen LogP contribution in [0.15, 0.2) is 76.4 Å². The Labute approximate surface area is 230 Å². The highest BCUT2D eigenvalue weighted by atomic mass is 79.9. The summed E-state index contributed by atoms with van der Waals surface area (Å²) in [5.41, 5.74) is 4.89. The average Bonchev–Trinajstić information content (AvgIpc) is 3.17. The number of aryl methyl sites for hydroxylation is 1. The van der Waals surface area contributed by atoms with Gasteiger partial charge in [0.1, 0.15) is 0 Å². The number of ether oxygens (including phenoxy) is 4. The highest BCUT2D eigenvalue weighted by Crippen LogP contribution is 2.50. The molecule has 37 heavy (non-hydrogen) atoms. The zero-order chi connectivity index (χ0) is 26.2. The van der Waals surface area contributed by atoms with Crippen LogP contribution in [-0.2, 0) is 16.9 Å². The third-order valence-electron chi connectivity index (χ3n) is 6.33. The summed E-state index contributed by atoms with van der Waals surface area (Å²) in [4.78, 5) is 14.2. The topological polar surface area (TPSA) is 54.0 Å². The maximum Gasteiger partial charge on any atom is 0.203 e. The fraction of sp³-hybridized carbons (Fsp3) is 0.300.